The fourth-order valence-corrected chi connectivity index (χ4v) is 1.94. The highest BCUT2D eigenvalue weighted by Crippen LogP contribution is 2.22. The molecule has 0 aliphatic heterocycles. The zero-order valence-corrected chi connectivity index (χ0v) is 10.1. The Morgan fingerprint density at radius 1 is 1.06 bits per heavy atom. The van der Waals surface area contributed by atoms with E-state index in [0.717, 1.165) is 21.1 Å². The van der Waals surface area contributed by atoms with Crippen LogP contribution in [0.5, 0.6) is 0 Å². The molecule has 3 aromatic rings. The Kier molecular flexibility index (Phi) is 2.03. The van der Waals surface area contributed by atoms with Crippen molar-refractivity contribution >= 4 is 21.4 Å². The summed E-state index contributed by atoms with van der Waals surface area (Å²) in [5, 5.41) is 12.5. The summed E-state index contributed by atoms with van der Waals surface area (Å²) in [6, 6.07) is 2.03. The predicted molar refractivity (Wildman–Crippen MR) is 62.9 cm³/mol. The van der Waals surface area contributed by atoms with E-state index < -0.39 is 0 Å². The van der Waals surface area contributed by atoms with Gasteiger partial charge in [0, 0.05) is 24.4 Å². The van der Waals surface area contributed by atoms with Crippen molar-refractivity contribution in [3.8, 4) is 11.1 Å². The maximum absolute atomic E-state index is 4.23. The SMILES string of the molecule is Cn1cc(-c2cnn3ncc(Br)c3c2)cn1. The highest BCUT2D eigenvalue weighted by atomic mass is 79.9. The Morgan fingerprint density at radius 3 is 2.56 bits per heavy atom. The molecule has 3 aromatic heterocycles. The average molecular weight is 278 g/mol. The number of rotatable bonds is 1. The van der Waals surface area contributed by atoms with Gasteiger partial charge in [-0.15, -0.1) is 0 Å². The van der Waals surface area contributed by atoms with Crippen LogP contribution in [0.2, 0.25) is 0 Å². The van der Waals surface area contributed by atoms with Crippen molar-refractivity contribution in [1.82, 2.24) is 24.6 Å². The molecule has 0 unspecified atom stereocenters. The van der Waals surface area contributed by atoms with Crippen LogP contribution < -0.4 is 0 Å². The van der Waals surface area contributed by atoms with Crippen LogP contribution in [0.4, 0.5) is 0 Å². The number of aryl methyl sites for hydroxylation is 1. The van der Waals surface area contributed by atoms with Gasteiger partial charge >= 0.3 is 0 Å². The number of nitrogens with zero attached hydrogens (tertiary/aromatic N) is 5. The van der Waals surface area contributed by atoms with Crippen LogP contribution in [0.3, 0.4) is 0 Å². The van der Waals surface area contributed by atoms with Gasteiger partial charge in [-0.1, -0.05) is 0 Å². The van der Waals surface area contributed by atoms with Crippen LogP contribution in [0, 0.1) is 0 Å². The Labute approximate surface area is 99.8 Å². The van der Waals surface area contributed by atoms with Gasteiger partial charge in [0.1, 0.15) is 5.52 Å². The second kappa shape index (κ2) is 3.41. The molecule has 0 saturated heterocycles. The monoisotopic (exact) mass is 277 g/mol. The van der Waals surface area contributed by atoms with Crippen molar-refractivity contribution in [2.45, 2.75) is 0 Å². The van der Waals surface area contributed by atoms with Crippen LogP contribution in [-0.4, -0.2) is 24.6 Å². The van der Waals surface area contributed by atoms with Crippen molar-refractivity contribution in [3.63, 3.8) is 0 Å². The Hall–Kier alpha value is -1.69. The highest BCUT2D eigenvalue weighted by molar-refractivity contribution is 9.10. The van der Waals surface area contributed by atoms with E-state index in [0.29, 0.717) is 0 Å². The van der Waals surface area contributed by atoms with Gasteiger partial charge in [-0.25, -0.2) is 0 Å². The fraction of sp³-hybridized carbons (Fsp3) is 0.100. The Bertz CT molecular complexity index is 654. The third kappa shape index (κ3) is 1.42. The van der Waals surface area contributed by atoms with Gasteiger partial charge in [-0.05, 0) is 22.0 Å². The maximum atomic E-state index is 4.23. The first-order chi connectivity index (χ1) is 7.74. The zero-order chi connectivity index (χ0) is 11.1. The topological polar surface area (TPSA) is 48.0 Å². The summed E-state index contributed by atoms with van der Waals surface area (Å²) in [7, 11) is 1.89. The molecule has 0 fully saturated rings. The normalized spacial score (nSPS) is 11.1. The molecule has 5 nitrogen and oxygen atoms in total. The standard InChI is InChI=1S/C10H8BrN5/c1-15-6-8(4-12-15)7-2-10-9(11)5-14-16(10)13-3-7/h2-6H,1H3. The van der Waals surface area contributed by atoms with E-state index >= 15 is 0 Å². The van der Waals surface area contributed by atoms with Gasteiger partial charge in [0.25, 0.3) is 0 Å². The highest BCUT2D eigenvalue weighted by Gasteiger charge is 2.06. The third-order valence-corrected chi connectivity index (χ3v) is 2.99. The molecule has 3 heterocycles. The lowest BCUT2D eigenvalue weighted by atomic mass is 10.2. The minimum atomic E-state index is 0.936. The van der Waals surface area contributed by atoms with E-state index in [1.165, 1.54) is 0 Å². The van der Waals surface area contributed by atoms with E-state index in [9.17, 15) is 0 Å². The summed E-state index contributed by atoms with van der Waals surface area (Å²) in [5.74, 6) is 0. The quantitative estimate of drug-likeness (QED) is 0.683. The van der Waals surface area contributed by atoms with Gasteiger partial charge in [0.05, 0.1) is 23.1 Å². The first-order valence-electron chi connectivity index (χ1n) is 4.72. The summed E-state index contributed by atoms with van der Waals surface area (Å²) in [4.78, 5) is 0. The maximum Gasteiger partial charge on any atom is 0.102 e. The minimum Gasteiger partial charge on any atom is -0.275 e. The number of aromatic nitrogens is 5. The van der Waals surface area contributed by atoms with Crippen molar-refractivity contribution in [3.05, 3.63) is 35.3 Å². The zero-order valence-electron chi connectivity index (χ0n) is 8.50. The summed E-state index contributed by atoms with van der Waals surface area (Å²) < 4.78 is 4.29. The van der Waals surface area contributed by atoms with Gasteiger partial charge in [-0.2, -0.15) is 19.9 Å². The summed E-state index contributed by atoms with van der Waals surface area (Å²) >= 11 is 3.43. The number of hydrogen-bond acceptors (Lipinski definition) is 3. The lowest BCUT2D eigenvalue weighted by Gasteiger charge is -1.97. The number of hydrogen-bond donors (Lipinski definition) is 0. The number of halogens is 1. The van der Waals surface area contributed by atoms with Crippen LogP contribution >= 0.6 is 15.9 Å². The molecule has 0 aliphatic carbocycles. The molecule has 6 heteroatoms. The van der Waals surface area contributed by atoms with E-state index in [2.05, 4.69) is 31.2 Å². The van der Waals surface area contributed by atoms with E-state index in [1.54, 1.807) is 21.7 Å². The molecule has 80 valence electrons. The van der Waals surface area contributed by atoms with E-state index in [-0.39, 0.29) is 0 Å². The lowest BCUT2D eigenvalue weighted by Crippen LogP contribution is -1.92. The molecule has 16 heavy (non-hydrogen) atoms. The van der Waals surface area contributed by atoms with Crippen molar-refractivity contribution in [2.75, 3.05) is 0 Å². The van der Waals surface area contributed by atoms with E-state index in [1.807, 2.05) is 25.5 Å². The second-order valence-electron chi connectivity index (χ2n) is 3.51. The molecule has 0 aliphatic rings. The van der Waals surface area contributed by atoms with E-state index in [4.69, 9.17) is 0 Å². The molecule has 0 saturated carbocycles. The molecule has 0 spiro atoms. The first kappa shape index (κ1) is 9.53. The third-order valence-electron chi connectivity index (χ3n) is 2.38. The lowest BCUT2D eigenvalue weighted by molar-refractivity contribution is 0.768. The molecular formula is C10H8BrN5. The van der Waals surface area contributed by atoms with Gasteiger partial charge in [0.2, 0.25) is 0 Å². The summed E-state index contributed by atoms with van der Waals surface area (Å²) in [6.07, 6.45) is 7.29. The largest absolute Gasteiger partial charge is 0.275 e. The first-order valence-corrected chi connectivity index (χ1v) is 5.52. The smallest absolute Gasteiger partial charge is 0.102 e. The predicted octanol–water partition coefficient (Wildman–Crippen LogP) is 1.89. The van der Waals surface area contributed by atoms with Crippen molar-refractivity contribution < 1.29 is 0 Å². The van der Waals surface area contributed by atoms with Gasteiger partial charge < -0.3 is 0 Å². The minimum absolute atomic E-state index is 0.936. The molecule has 3 rings (SSSR count). The van der Waals surface area contributed by atoms with Crippen LogP contribution in [-0.2, 0) is 7.05 Å². The summed E-state index contributed by atoms with van der Waals surface area (Å²) in [6.45, 7) is 0. The number of fused-ring (bicyclic) bond motifs is 1. The molecule has 0 atom stereocenters. The second-order valence-corrected chi connectivity index (χ2v) is 4.37. The van der Waals surface area contributed by atoms with Gasteiger partial charge in [-0.3, -0.25) is 4.68 Å². The molecule has 0 amide bonds. The Balaban J connectivity index is 2.21. The van der Waals surface area contributed by atoms with Crippen molar-refractivity contribution in [1.29, 1.82) is 0 Å². The average Bonchev–Trinajstić information content (AvgIpc) is 2.86. The molecular weight excluding hydrogens is 270 g/mol. The molecule has 0 radical (unpaired) electrons. The fourth-order valence-electron chi connectivity index (χ4n) is 1.58. The molecule has 0 N–H and O–H groups in total. The Morgan fingerprint density at radius 2 is 1.81 bits per heavy atom. The summed E-state index contributed by atoms with van der Waals surface area (Å²) in [5.41, 5.74) is 3.02. The van der Waals surface area contributed by atoms with Crippen molar-refractivity contribution in [2.24, 2.45) is 7.05 Å². The molecule has 0 aromatic carbocycles. The van der Waals surface area contributed by atoms with Crippen LogP contribution in [0.25, 0.3) is 16.6 Å². The molecule has 0 bridgehead atoms. The van der Waals surface area contributed by atoms with Crippen LogP contribution in [0.1, 0.15) is 0 Å². The van der Waals surface area contributed by atoms with Crippen LogP contribution in [0.15, 0.2) is 35.3 Å². The van der Waals surface area contributed by atoms with Gasteiger partial charge in [0.15, 0.2) is 0 Å².